The summed E-state index contributed by atoms with van der Waals surface area (Å²) in [5.41, 5.74) is 1.56. The summed E-state index contributed by atoms with van der Waals surface area (Å²) >= 11 is 0. The maximum Gasteiger partial charge on any atom is 0.247 e. The maximum absolute atomic E-state index is 12.6. The first kappa shape index (κ1) is 15.1. The molecule has 1 spiro atoms. The summed E-state index contributed by atoms with van der Waals surface area (Å²) in [4.78, 5) is 12.6. The summed E-state index contributed by atoms with van der Waals surface area (Å²) in [5, 5.41) is 3.34. The van der Waals surface area contributed by atoms with Gasteiger partial charge in [-0.25, -0.2) is 0 Å². The fourth-order valence-corrected chi connectivity index (χ4v) is 4.62. The van der Waals surface area contributed by atoms with E-state index in [-0.39, 0.29) is 5.91 Å². The summed E-state index contributed by atoms with van der Waals surface area (Å²) < 4.78 is 0. The van der Waals surface area contributed by atoms with Crippen LogP contribution in [0.15, 0.2) is 11.6 Å². The zero-order valence-corrected chi connectivity index (χ0v) is 13.5. The summed E-state index contributed by atoms with van der Waals surface area (Å²) in [7, 11) is 0. The second kappa shape index (κ2) is 6.98. The third-order valence-electron chi connectivity index (χ3n) is 5.99. The predicted octanol–water partition coefficient (Wildman–Crippen LogP) is 4.89. The lowest BCUT2D eigenvalue weighted by Crippen LogP contribution is -2.36. The number of nitrogens with one attached hydrogen (secondary N) is 1. The second-order valence-corrected chi connectivity index (χ2v) is 7.69. The zero-order chi connectivity index (χ0) is 14.5. The van der Waals surface area contributed by atoms with Crippen molar-refractivity contribution in [1.29, 1.82) is 0 Å². The van der Waals surface area contributed by atoms with E-state index in [1.54, 1.807) is 0 Å². The summed E-state index contributed by atoms with van der Waals surface area (Å²) in [6.45, 7) is 0. The molecule has 21 heavy (non-hydrogen) atoms. The molecule has 2 saturated carbocycles. The van der Waals surface area contributed by atoms with Crippen molar-refractivity contribution in [1.82, 2.24) is 5.32 Å². The van der Waals surface area contributed by atoms with Crippen LogP contribution >= 0.6 is 0 Å². The molecule has 0 aromatic carbocycles. The summed E-state index contributed by atoms with van der Waals surface area (Å²) in [6, 6.07) is 0.432. The van der Waals surface area contributed by atoms with E-state index in [1.165, 1.54) is 77.0 Å². The van der Waals surface area contributed by atoms with Crippen LogP contribution in [0.4, 0.5) is 0 Å². The smallest absolute Gasteiger partial charge is 0.247 e. The lowest BCUT2D eigenvalue weighted by Gasteiger charge is -2.33. The molecule has 0 heterocycles. The van der Waals surface area contributed by atoms with Gasteiger partial charge >= 0.3 is 0 Å². The number of hydrogen-bond acceptors (Lipinski definition) is 1. The van der Waals surface area contributed by atoms with Crippen molar-refractivity contribution in [3.8, 4) is 0 Å². The van der Waals surface area contributed by atoms with E-state index >= 15 is 0 Å². The molecule has 2 fully saturated rings. The van der Waals surface area contributed by atoms with E-state index in [1.807, 2.05) is 0 Å². The van der Waals surface area contributed by atoms with Crippen molar-refractivity contribution in [2.45, 2.75) is 95.9 Å². The van der Waals surface area contributed by atoms with E-state index in [0.29, 0.717) is 11.5 Å². The fraction of sp³-hybridized carbons (Fsp3) is 0.842. The van der Waals surface area contributed by atoms with Gasteiger partial charge in [-0.2, -0.15) is 0 Å². The highest BCUT2D eigenvalue weighted by Gasteiger charge is 2.37. The van der Waals surface area contributed by atoms with Gasteiger partial charge in [0, 0.05) is 11.6 Å². The predicted molar refractivity (Wildman–Crippen MR) is 87.1 cm³/mol. The molecule has 0 aliphatic heterocycles. The van der Waals surface area contributed by atoms with Gasteiger partial charge in [0.15, 0.2) is 0 Å². The van der Waals surface area contributed by atoms with Crippen LogP contribution in [0.25, 0.3) is 0 Å². The lowest BCUT2D eigenvalue weighted by atomic mass is 9.72. The van der Waals surface area contributed by atoms with Gasteiger partial charge in [-0.3, -0.25) is 4.79 Å². The molecule has 3 aliphatic carbocycles. The SMILES string of the molecule is O=C(NC1CCCCCCC1)C1=CCC2(CCCCC2)C1. The minimum absolute atomic E-state index is 0.253. The van der Waals surface area contributed by atoms with E-state index < -0.39 is 0 Å². The highest BCUT2D eigenvalue weighted by atomic mass is 16.1. The molecule has 0 aromatic heterocycles. The Balaban J connectivity index is 1.51. The molecule has 2 nitrogen and oxygen atoms in total. The first-order chi connectivity index (χ1) is 10.3. The van der Waals surface area contributed by atoms with Crippen LogP contribution in [0.2, 0.25) is 0 Å². The number of hydrogen-bond donors (Lipinski definition) is 1. The summed E-state index contributed by atoms with van der Waals surface area (Å²) in [5.74, 6) is 0.253. The zero-order valence-electron chi connectivity index (χ0n) is 13.5. The molecule has 0 radical (unpaired) electrons. The molecule has 0 saturated heterocycles. The monoisotopic (exact) mass is 289 g/mol. The largest absolute Gasteiger partial charge is 0.350 e. The van der Waals surface area contributed by atoms with Crippen molar-refractivity contribution >= 4 is 5.91 Å². The molecular weight excluding hydrogens is 258 g/mol. The first-order valence-electron chi connectivity index (χ1n) is 9.27. The van der Waals surface area contributed by atoms with Crippen molar-refractivity contribution in [3.05, 3.63) is 11.6 Å². The van der Waals surface area contributed by atoms with Gasteiger partial charge in [-0.1, -0.05) is 57.4 Å². The van der Waals surface area contributed by atoms with Crippen LogP contribution in [0.1, 0.15) is 89.9 Å². The fourth-order valence-electron chi connectivity index (χ4n) is 4.62. The molecule has 1 amide bonds. The molecule has 0 unspecified atom stereocenters. The Labute approximate surface area is 129 Å². The Kier molecular flexibility index (Phi) is 5.03. The molecule has 118 valence electrons. The van der Waals surface area contributed by atoms with Gasteiger partial charge in [-0.15, -0.1) is 0 Å². The average Bonchev–Trinajstić information content (AvgIpc) is 2.86. The Morgan fingerprint density at radius 2 is 1.57 bits per heavy atom. The number of allylic oxidation sites excluding steroid dienone is 1. The highest BCUT2D eigenvalue weighted by Crippen LogP contribution is 2.48. The minimum atomic E-state index is 0.253. The van der Waals surface area contributed by atoms with Crippen LogP contribution in [0, 0.1) is 5.41 Å². The maximum atomic E-state index is 12.6. The van der Waals surface area contributed by atoms with E-state index in [2.05, 4.69) is 11.4 Å². The molecule has 0 atom stereocenters. The third kappa shape index (κ3) is 3.90. The van der Waals surface area contributed by atoms with Gasteiger partial charge in [-0.05, 0) is 43.9 Å². The van der Waals surface area contributed by atoms with E-state index in [9.17, 15) is 4.79 Å². The van der Waals surface area contributed by atoms with E-state index in [4.69, 9.17) is 0 Å². The number of carbonyl (C=O) groups is 1. The third-order valence-corrected chi connectivity index (χ3v) is 5.99. The molecule has 3 rings (SSSR count). The molecule has 0 aromatic rings. The van der Waals surface area contributed by atoms with Gasteiger partial charge in [0.25, 0.3) is 0 Å². The Bertz CT molecular complexity index is 384. The van der Waals surface area contributed by atoms with Crippen LogP contribution in [-0.4, -0.2) is 11.9 Å². The highest BCUT2D eigenvalue weighted by molar-refractivity contribution is 5.94. The molecule has 2 heteroatoms. The number of carbonyl (C=O) groups excluding carboxylic acids is 1. The van der Waals surface area contributed by atoms with Crippen molar-refractivity contribution in [3.63, 3.8) is 0 Å². The van der Waals surface area contributed by atoms with Crippen molar-refractivity contribution < 1.29 is 4.79 Å². The lowest BCUT2D eigenvalue weighted by molar-refractivity contribution is -0.118. The van der Waals surface area contributed by atoms with Crippen LogP contribution in [0.5, 0.6) is 0 Å². The molecular formula is C19H31NO. The number of amides is 1. The second-order valence-electron chi connectivity index (χ2n) is 7.69. The first-order valence-corrected chi connectivity index (χ1v) is 9.27. The quantitative estimate of drug-likeness (QED) is 0.770. The van der Waals surface area contributed by atoms with Gasteiger partial charge in [0.1, 0.15) is 0 Å². The van der Waals surface area contributed by atoms with Crippen LogP contribution in [-0.2, 0) is 4.79 Å². The van der Waals surface area contributed by atoms with Crippen LogP contribution < -0.4 is 5.32 Å². The minimum Gasteiger partial charge on any atom is -0.350 e. The topological polar surface area (TPSA) is 29.1 Å². The molecule has 0 bridgehead atoms. The standard InChI is InChI=1S/C19H31NO/c21-18(20-17-9-5-2-1-3-6-10-17)16-11-14-19(15-16)12-7-4-8-13-19/h11,17H,1-10,12-15H2,(H,20,21). The van der Waals surface area contributed by atoms with Crippen molar-refractivity contribution in [2.24, 2.45) is 5.41 Å². The summed E-state index contributed by atoms with van der Waals surface area (Å²) in [6.07, 6.45) is 20.3. The molecule has 1 N–H and O–H groups in total. The Hall–Kier alpha value is -0.790. The van der Waals surface area contributed by atoms with Gasteiger partial charge in [0.2, 0.25) is 5.91 Å². The molecule has 3 aliphatic rings. The van der Waals surface area contributed by atoms with Crippen molar-refractivity contribution in [2.75, 3.05) is 0 Å². The normalized spacial score (nSPS) is 27.0. The average molecular weight is 289 g/mol. The Morgan fingerprint density at radius 1 is 0.952 bits per heavy atom. The number of rotatable bonds is 2. The van der Waals surface area contributed by atoms with Crippen LogP contribution in [0.3, 0.4) is 0 Å². The van der Waals surface area contributed by atoms with Gasteiger partial charge < -0.3 is 5.32 Å². The van der Waals surface area contributed by atoms with E-state index in [0.717, 1.165) is 18.4 Å². The van der Waals surface area contributed by atoms with Gasteiger partial charge in [0.05, 0.1) is 0 Å². The Morgan fingerprint density at radius 3 is 2.29 bits per heavy atom.